The van der Waals surface area contributed by atoms with Crippen LogP contribution in [-0.2, 0) is 34.8 Å². The molecule has 5 rings (SSSR count). The molecular formula is C30H39N7O5S. The van der Waals surface area contributed by atoms with Crippen LogP contribution in [0.5, 0.6) is 5.75 Å². The molecule has 43 heavy (non-hydrogen) atoms. The minimum atomic E-state index is -3.98. The number of ether oxygens (including phenoxy) is 2. The average molecular weight is 610 g/mol. The van der Waals surface area contributed by atoms with E-state index in [0.29, 0.717) is 55.1 Å². The zero-order valence-electron chi connectivity index (χ0n) is 25.0. The Kier molecular flexibility index (Phi) is 9.86. The number of aromatic nitrogens is 5. The molecule has 0 unspecified atom stereocenters. The molecule has 230 valence electrons. The topological polar surface area (TPSA) is 136 Å². The minimum absolute atomic E-state index is 0.0833. The second kappa shape index (κ2) is 13.8. The molecule has 0 aliphatic carbocycles. The number of nitrogens with zero attached hydrogens (tertiary/aromatic N) is 6. The average Bonchev–Trinajstić information content (AvgIpc) is 3.34. The van der Waals surface area contributed by atoms with E-state index in [-0.39, 0.29) is 29.4 Å². The van der Waals surface area contributed by atoms with Gasteiger partial charge in [0.2, 0.25) is 10.0 Å². The van der Waals surface area contributed by atoms with Gasteiger partial charge in [-0.15, -0.1) is 0 Å². The maximum Gasteiger partial charge on any atom is 0.277 e. The predicted octanol–water partition coefficient (Wildman–Crippen LogP) is 2.98. The van der Waals surface area contributed by atoms with Crippen molar-refractivity contribution in [2.24, 2.45) is 7.05 Å². The van der Waals surface area contributed by atoms with Gasteiger partial charge in [0, 0.05) is 52.2 Å². The van der Waals surface area contributed by atoms with Crippen LogP contribution in [0.1, 0.15) is 37.9 Å². The summed E-state index contributed by atoms with van der Waals surface area (Å²) in [6, 6.07) is 8.40. The normalized spacial score (nSPS) is 14.5. The summed E-state index contributed by atoms with van der Waals surface area (Å²) in [6.45, 7) is 8.24. The lowest BCUT2D eigenvalue weighted by molar-refractivity contribution is 0.0361. The van der Waals surface area contributed by atoms with Crippen LogP contribution >= 0.6 is 0 Å². The number of aryl methyl sites for hydroxylation is 2. The van der Waals surface area contributed by atoms with Crippen LogP contribution in [0.4, 0.5) is 0 Å². The zero-order valence-corrected chi connectivity index (χ0v) is 25.8. The first-order valence-corrected chi connectivity index (χ1v) is 16.2. The number of fused-ring (bicyclic) bond motifs is 1. The van der Waals surface area contributed by atoms with E-state index >= 15 is 0 Å². The van der Waals surface area contributed by atoms with Crippen LogP contribution in [0.3, 0.4) is 0 Å². The third-order valence-corrected chi connectivity index (χ3v) is 9.25. The van der Waals surface area contributed by atoms with Gasteiger partial charge < -0.3 is 14.5 Å². The largest absolute Gasteiger partial charge is 0.493 e. The molecule has 12 nitrogen and oxygen atoms in total. The molecule has 13 heteroatoms. The number of hydrogen-bond acceptors (Lipinski definition) is 9. The Bertz CT molecular complexity index is 1700. The molecule has 1 saturated heterocycles. The first-order chi connectivity index (χ1) is 20.8. The molecule has 0 atom stereocenters. The number of aromatic amines is 1. The number of hydrogen-bond donors (Lipinski definition) is 1. The number of rotatable bonds is 13. The highest BCUT2D eigenvalue weighted by Gasteiger charge is 2.28. The minimum Gasteiger partial charge on any atom is -0.493 e. The maximum absolute atomic E-state index is 14.3. The fourth-order valence-corrected chi connectivity index (χ4v) is 6.62. The summed E-state index contributed by atoms with van der Waals surface area (Å²) < 4.78 is 43.0. The summed E-state index contributed by atoms with van der Waals surface area (Å²) in [5.74, 6) is 0.675. The summed E-state index contributed by atoms with van der Waals surface area (Å²) >= 11 is 0. The van der Waals surface area contributed by atoms with E-state index in [1.165, 1.54) is 8.99 Å². The van der Waals surface area contributed by atoms with Gasteiger partial charge >= 0.3 is 0 Å². The van der Waals surface area contributed by atoms with Gasteiger partial charge in [-0.2, -0.15) is 9.40 Å². The Morgan fingerprint density at radius 3 is 2.67 bits per heavy atom. The molecule has 0 spiro atoms. The third-order valence-electron chi connectivity index (χ3n) is 7.41. The van der Waals surface area contributed by atoms with Gasteiger partial charge in [0.25, 0.3) is 5.56 Å². The van der Waals surface area contributed by atoms with E-state index in [0.717, 1.165) is 37.2 Å². The molecular weight excluding hydrogens is 570 g/mol. The van der Waals surface area contributed by atoms with E-state index in [1.54, 1.807) is 43.7 Å². The number of sulfonamides is 1. The summed E-state index contributed by atoms with van der Waals surface area (Å²) in [4.78, 5) is 27.3. The molecule has 1 N–H and O–H groups in total. The zero-order chi connectivity index (χ0) is 30.4. The first-order valence-electron chi connectivity index (χ1n) is 14.7. The number of pyridine rings is 1. The fourth-order valence-electron chi connectivity index (χ4n) is 5.18. The van der Waals surface area contributed by atoms with E-state index in [9.17, 15) is 13.2 Å². The Balaban J connectivity index is 1.57. The Labute approximate surface area is 251 Å². The van der Waals surface area contributed by atoms with Gasteiger partial charge in [0.15, 0.2) is 5.52 Å². The lowest BCUT2D eigenvalue weighted by atomic mass is 10.1. The Hall–Kier alpha value is -3.65. The molecule has 0 bridgehead atoms. The van der Waals surface area contributed by atoms with Gasteiger partial charge in [-0.3, -0.25) is 19.4 Å². The number of morpholine rings is 1. The van der Waals surface area contributed by atoms with E-state index < -0.39 is 10.0 Å². The van der Waals surface area contributed by atoms with Crippen LogP contribution in [0.25, 0.3) is 22.4 Å². The molecule has 3 aromatic heterocycles. The standard InChI is InChI=1S/C30H39N7O5S/c1-4-7-25-27-28(35(3)34-25)30(38)33-29(32-27)24-19-23(9-10-26(24)42-16-5-2)43(39,40)37(21-22-8-6-11-31-20-22)13-12-36-14-17-41-18-15-36/h6,8-11,19-20H,4-5,7,12-18,21H2,1-3H3,(H,32,33,38). The van der Waals surface area contributed by atoms with Gasteiger partial charge in [-0.25, -0.2) is 13.4 Å². The van der Waals surface area contributed by atoms with Crippen molar-refractivity contribution in [3.63, 3.8) is 0 Å². The van der Waals surface area contributed by atoms with Gasteiger partial charge in [0.05, 0.1) is 36.0 Å². The summed E-state index contributed by atoms with van der Waals surface area (Å²) in [6.07, 6.45) is 5.59. The molecule has 1 aliphatic heterocycles. The number of benzene rings is 1. The number of H-pyrrole nitrogens is 1. The summed E-state index contributed by atoms with van der Waals surface area (Å²) in [5.41, 5.74) is 2.43. The SMILES string of the molecule is CCCOc1ccc(S(=O)(=O)N(CCN2CCOCC2)Cc2cccnc2)cc1-c1nc2c(CCC)nn(C)c2c(=O)[nH]1. The van der Waals surface area contributed by atoms with Crippen molar-refractivity contribution in [2.75, 3.05) is 46.0 Å². The first kappa shape index (κ1) is 30.8. The van der Waals surface area contributed by atoms with Crippen molar-refractivity contribution < 1.29 is 17.9 Å². The van der Waals surface area contributed by atoms with E-state index in [1.807, 2.05) is 19.9 Å². The fraction of sp³-hybridized carbons (Fsp3) is 0.467. The predicted molar refractivity (Wildman–Crippen MR) is 163 cm³/mol. The van der Waals surface area contributed by atoms with E-state index in [2.05, 4.69) is 20.0 Å². The lowest BCUT2D eigenvalue weighted by Crippen LogP contribution is -2.42. The van der Waals surface area contributed by atoms with Gasteiger partial charge in [-0.1, -0.05) is 26.3 Å². The molecule has 1 aliphatic rings. The molecule has 0 amide bonds. The van der Waals surface area contributed by atoms with Crippen LogP contribution in [0, 0.1) is 0 Å². The smallest absolute Gasteiger partial charge is 0.277 e. The monoisotopic (exact) mass is 609 g/mol. The van der Waals surface area contributed by atoms with Crippen molar-refractivity contribution in [2.45, 2.75) is 44.6 Å². The maximum atomic E-state index is 14.3. The molecule has 1 aromatic carbocycles. The second-order valence-corrected chi connectivity index (χ2v) is 12.5. The van der Waals surface area contributed by atoms with Gasteiger partial charge in [-0.05, 0) is 42.7 Å². The van der Waals surface area contributed by atoms with Crippen LogP contribution in [0.2, 0.25) is 0 Å². The molecule has 1 fully saturated rings. The highest BCUT2D eigenvalue weighted by Crippen LogP contribution is 2.32. The summed E-state index contributed by atoms with van der Waals surface area (Å²) in [5, 5.41) is 4.51. The van der Waals surface area contributed by atoms with Crippen LogP contribution in [0.15, 0.2) is 52.4 Å². The van der Waals surface area contributed by atoms with Gasteiger partial charge in [0.1, 0.15) is 17.1 Å². The Morgan fingerprint density at radius 2 is 1.95 bits per heavy atom. The molecule has 4 aromatic rings. The van der Waals surface area contributed by atoms with Crippen LogP contribution < -0.4 is 10.3 Å². The van der Waals surface area contributed by atoms with Crippen LogP contribution in [-0.4, -0.2) is 88.4 Å². The highest BCUT2D eigenvalue weighted by molar-refractivity contribution is 7.89. The van der Waals surface area contributed by atoms with Crippen molar-refractivity contribution in [3.8, 4) is 17.1 Å². The number of nitrogens with one attached hydrogen (secondary N) is 1. The Morgan fingerprint density at radius 1 is 1.14 bits per heavy atom. The second-order valence-electron chi connectivity index (χ2n) is 10.6. The van der Waals surface area contributed by atoms with Crippen molar-refractivity contribution in [1.29, 1.82) is 0 Å². The lowest BCUT2D eigenvalue weighted by Gasteiger charge is -2.30. The third kappa shape index (κ3) is 6.96. The molecule has 0 radical (unpaired) electrons. The quantitative estimate of drug-likeness (QED) is 0.243. The van der Waals surface area contributed by atoms with Crippen molar-refractivity contribution >= 4 is 21.1 Å². The van der Waals surface area contributed by atoms with Crippen molar-refractivity contribution in [1.82, 2.24) is 33.9 Å². The molecule has 0 saturated carbocycles. The summed E-state index contributed by atoms with van der Waals surface area (Å²) in [7, 11) is -2.26. The van der Waals surface area contributed by atoms with Crippen molar-refractivity contribution in [3.05, 3.63) is 64.3 Å². The molecule has 4 heterocycles. The highest BCUT2D eigenvalue weighted by atomic mass is 32.2. The van der Waals surface area contributed by atoms with E-state index in [4.69, 9.17) is 14.5 Å².